The Kier molecular flexibility index (Phi) is 3.39. The maximum atomic E-state index is 11.9. The number of carbonyl (C=O) groups excluding carboxylic acids is 1. The van der Waals surface area contributed by atoms with Gasteiger partial charge in [-0.15, -0.1) is 0 Å². The molecule has 6 heteroatoms. The molecule has 0 spiro atoms. The molecular weight excluding hydrogens is 282 g/mol. The topological polar surface area (TPSA) is 100 Å². The Bertz CT molecular complexity index is 886. The van der Waals surface area contributed by atoms with E-state index in [2.05, 4.69) is 4.90 Å². The van der Waals surface area contributed by atoms with Gasteiger partial charge >= 0.3 is 5.63 Å². The number of rotatable bonds is 3. The number of fused-ring (bicyclic) bond motifs is 1. The first kappa shape index (κ1) is 13.9. The number of nitrogens with zero attached hydrogens (tertiary/aromatic N) is 2. The molecular formula is C16H13N3O3. The summed E-state index contributed by atoms with van der Waals surface area (Å²) in [5.74, 6) is -0.878. The van der Waals surface area contributed by atoms with Crippen LogP contribution in [0.3, 0.4) is 0 Å². The summed E-state index contributed by atoms with van der Waals surface area (Å²) in [7, 11) is 0. The average Bonchev–Trinajstić information content (AvgIpc) is 2.43. The van der Waals surface area contributed by atoms with E-state index in [1.807, 2.05) is 12.1 Å². The Morgan fingerprint density at radius 1 is 1.36 bits per heavy atom. The van der Waals surface area contributed by atoms with Crippen molar-refractivity contribution in [2.75, 3.05) is 18.0 Å². The molecule has 3 rings (SSSR count). The van der Waals surface area contributed by atoms with Crippen LogP contribution in [0.2, 0.25) is 0 Å². The van der Waals surface area contributed by atoms with Crippen LogP contribution in [-0.4, -0.2) is 19.0 Å². The van der Waals surface area contributed by atoms with Gasteiger partial charge < -0.3 is 15.1 Å². The monoisotopic (exact) mass is 295 g/mol. The molecule has 1 aliphatic rings. The standard InChI is InChI=1S/C16H13N3O3/c17-9-12(15(18)20)7-11-6-10-8-13(19-4-1-5-19)2-3-14(10)22-16(11)21/h2-3,6-8H,1,4-5H2,(H2,18,20). The Morgan fingerprint density at radius 2 is 2.14 bits per heavy atom. The number of benzene rings is 1. The van der Waals surface area contributed by atoms with Crippen LogP contribution >= 0.6 is 0 Å². The third-order valence-corrected chi connectivity index (χ3v) is 3.65. The lowest BCUT2D eigenvalue weighted by Crippen LogP contribution is -2.36. The second-order valence-electron chi connectivity index (χ2n) is 5.09. The second kappa shape index (κ2) is 5.37. The molecule has 0 atom stereocenters. The van der Waals surface area contributed by atoms with E-state index < -0.39 is 11.5 Å². The van der Waals surface area contributed by atoms with Crippen molar-refractivity contribution < 1.29 is 9.21 Å². The quantitative estimate of drug-likeness (QED) is 0.524. The van der Waals surface area contributed by atoms with E-state index in [9.17, 15) is 9.59 Å². The van der Waals surface area contributed by atoms with Gasteiger partial charge in [-0.3, -0.25) is 4.79 Å². The van der Waals surface area contributed by atoms with E-state index in [-0.39, 0.29) is 11.1 Å². The van der Waals surface area contributed by atoms with Crippen molar-refractivity contribution in [3.05, 3.63) is 45.8 Å². The zero-order valence-electron chi connectivity index (χ0n) is 11.7. The fourth-order valence-corrected chi connectivity index (χ4v) is 2.31. The van der Waals surface area contributed by atoms with Gasteiger partial charge in [0.05, 0.1) is 5.56 Å². The molecule has 6 nitrogen and oxygen atoms in total. The predicted octanol–water partition coefficient (Wildman–Crippen LogP) is 1.40. The van der Waals surface area contributed by atoms with Crippen LogP contribution in [0.15, 0.2) is 39.1 Å². The van der Waals surface area contributed by atoms with Crippen molar-refractivity contribution in [2.24, 2.45) is 5.73 Å². The zero-order valence-corrected chi connectivity index (χ0v) is 11.7. The van der Waals surface area contributed by atoms with Crippen molar-refractivity contribution in [1.82, 2.24) is 0 Å². The van der Waals surface area contributed by atoms with Crippen molar-refractivity contribution in [2.45, 2.75) is 6.42 Å². The van der Waals surface area contributed by atoms with Gasteiger partial charge in [0.25, 0.3) is 5.91 Å². The highest BCUT2D eigenvalue weighted by Gasteiger charge is 2.15. The molecule has 0 radical (unpaired) electrons. The summed E-state index contributed by atoms with van der Waals surface area (Å²) in [6.07, 6.45) is 2.32. The van der Waals surface area contributed by atoms with Crippen LogP contribution in [0.4, 0.5) is 5.69 Å². The van der Waals surface area contributed by atoms with Gasteiger partial charge in [0.1, 0.15) is 17.2 Å². The minimum absolute atomic E-state index is 0.128. The highest BCUT2D eigenvalue weighted by Crippen LogP contribution is 2.25. The molecule has 0 bridgehead atoms. The summed E-state index contributed by atoms with van der Waals surface area (Å²) in [4.78, 5) is 25.2. The first-order valence-corrected chi connectivity index (χ1v) is 6.83. The fourth-order valence-electron chi connectivity index (χ4n) is 2.31. The molecule has 22 heavy (non-hydrogen) atoms. The predicted molar refractivity (Wildman–Crippen MR) is 82.1 cm³/mol. The van der Waals surface area contributed by atoms with Crippen molar-refractivity contribution in [3.8, 4) is 6.07 Å². The maximum Gasteiger partial charge on any atom is 0.343 e. The van der Waals surface area contributed by atoms with Crippen molar-refractivity contribution in [3.63, 3.8) is 0 Å². The molecule has 1 aromatic heterocycles. The lowest BCUT2D eigenvalue weighted by atomic mass is 10.1. The molecule has 2 aromatic rings. The van der Waals surface area contributed by atoms with E-state index >= 15 is 0 Å². The number of anilines is 1. The van der Waals surface area contributed by atoms with Gasteiger partial charge in [0.15, 0.2) is 0 Å². The summed E-state index contributed by atoms with van der Waals surface area (Å²) < 4.78 is 5.22. The summed E-state index contributed by atoms with van der Waals surface area (Å²) in [5, 5.41) is 9.59. The van der Waals surface area contributed by atoms with Crippen LogP contribution in [0.5, 0.6) is 0 Å². The van der Waals surface area contributed by atoms with E-state index in [1.54, 1.807) is 18.2 Å². The molecule has 1 fully saturated rings. The third kappa shape index (κ3) is 2.44. The third-order valence-electron chi connectivity index (χ3n) is 3.65. The largest absolute Gasteiger partial charge is 0.422 e. The molecule has 1 saturated heterocycles. The van der Waals surface area contributed by atoms with E-state index in [1.165, 1.54) is 6.42 Å². The van der Waals surface area contributed by atoms with E-state index in [0.29, 0.717) is 5.58 Å². The molecule has 2 heterocycles. The molecule has 110 valence electrons. The lowest BCUT2D eigenvalue weighted by Gasteiger charge is -2.33. The van der Waals surface area contributed by atoms with Crippen LogP contribution < -0.4 is 16.3 Å². The highest BCUT2D eigenvalue weighted by molar-refractivity contribution is 6.00. The smallest absolute Gasteiger partial charge is 0.343 e. The highest BCUT2D eigenvalue weighted by atomic mass is 16.4. The molecule has 0 aliphatic carbocycles. The number of amides is 1. The number of carbonyl (C=O) groups is 1. The molecule has 0 saturated carbocycles. The number of primary amides is 1. The summed E-state index contributed by atoms with van der Waals surface area (Å²) in [6, 6.07) is 8.85. The maximum absolute atomic E-state index is 11.9. The first-order valence-electron chi connectivity index (χ1n) is 6.83. The zero-order chi connectivity index (χ0) is 15.7. The Morgan fingerprint density at radius 3 is 2.73 bits per heavy atom. The Hall–Kier alpha value is -3.07. The number of hydrogen-bond acceptors (Lipinski definition) is 5. The van der Waals surface area contributed by atoms with Gasteiger partial charge in [-0.25, -0.2) is 4.79 Å². The van der Waals surface area contributed by atoms with E-state index in [0.717, 1.165) is 30.2 Å². The summed E-state index contributed by atoms with van der Waals surface area (Å²) in [5.41, 5.74) is 5.82. The van der Waals surface area contributed by atoms with Crippen molar-refractivity contribution >= 4 is 28.6 Å². The molecule has 2 N–H and O–H groups in total. The second-order valence-corrected chi connectivity index (χ2v) is 5.09. The minimum Gasteiger partial charge on any atom is -0.422 e. The molecule has 1 amide bonds. The van der Waals surface area contributed by atoms with Gasteiger partial charge in [-0.1, -0.05) is 0 Å². The average molecular weight is 295 g/mol. The van der Waals surface area contributed by atoms with Gasteiger partial charge in [-0.2, -0.15) is 5.26 Å². The van der Waals surface area contributed by atoms with Crippen LogP contribution in [-0.2, 0) is 4.79 Å². The first-order chi connectivity index (χ1) is 10.6. The molecule has 0 unspecified atom stereocenters. The number of nitriles is 1. The Labute approximate surface area is 126 Å². The molecule has 1 aromatic carbocycles. The fraction of sp³-hybridized carbons (Fsp3) is 0.188. The normalized spacial score (nSPS) is 14.5. The Balaban J connectivity index is 2.11. The van der Waals surface area contributed by atoms with Crippen molar-refractivity contribution in [1.29, 1.82) is 5.26 Å². The van der Waals surface area contributed by atoms with Crippen LogP contribution in [0.1, 0.15) is 12.0 Å². The van der Waals surface area contributed by atoms with Crippen LogP contribution in [0, 0.1) is 11.3 Å². The summed E-state index contributed by atoms with van der Waals surface area (Å²) in [6.45, 7) is 2.02. The van der Waals surface area contributed by atoms with Gasteiger partial charge in [-0.05, 0) is 36.8 Å². The SMILES string of the molecule is N#CC(=Cc1cc2cc(N3CCC3)ccc2oc1=O)C(N)=O. The van der Waals surface area contributed by atoms with Gasteiger partial charge in [0.2, 0.25) is 0 Å². The lowest BCUT2D eigenvalue weighted by molar-refractivity contribution is -0.114. The number of nitrogens with two attached hydrogens (primary N) is 1. The summed E-state index contributed by atoms with van der Waals surface area (Å²) >= 11 is 0. The van der Waals surface area contributed by atoms with Gasteiger partial charge in [0, 0.05) is 24.2 Å². The van der Waals surface area contributed by atoms with Crippen LogP contribution in [0.25, 0.3) is 17.0 Å². The van der Waals surface area contributed by atoms with E-state index in [4.69, 9.17) is 15.4 Å². The molecule has 1 aliphatic heterocycles. The number of hydrogen-bond donors (Lipinski definition) is 1. The minimum atomic E-state index is -0.878.